The molecule has 1 aromatic rings. The van der Waals surface area contributed by atoms with Crippen molar-refractivity contribution in [2.24, 2.45) is 5.16 Å². The second-order valence-corrected chi connectivity index (χ2v) is 1.82. The summed E-state index contributed by atoms with van der Waals surface area (Å²) in [6, 6.07) is 5.62. The molecule has 52 valence electrons. The molecular weight excluding hydrogens is 128 g/mol. The number of hydrogen-bond donors (Lipinski definition) is 1. The molecule has 0 aliphatic heterocycles. The van der Waals surface area contributed by atoms with Crippen LogP contribution in [0, 0.1) is 0 Å². The number of hydrogen-bond acceptors (Lipinski definition) is 3. The Morgan fingerprint density at radius 1 is 1.60 bits per heavy atom. The Labute approximate surface area is 59.0 Å². The molecule has 10 heavy (non-hydrogen) atoms. The van der Waals surface area contributed by atoms with E-state index in [0.29, 0.717) is 6.42 Å². The minimum absolute atomic E-state index is 0.581. The minimum atomic E-state index is 0.581. The van der Waals surface area contributed by atoms with E-state index in [-0.39, 0.29) is 0 Å². The highest BCUT2D eigenvalue weighted by atomic mass is 16.4. The van der Waals surface area contributed by atoms with Crippen LogP contribution in [0.3, 0.4) is 0 Å². The summed E-state index contributed by atoms with van der Waals surface area (Å²) in [6.45, 7) is 0. The molecule has 0 aliphatic carbocycles. The Hall–Kier alpha value is -1.38. The maximum atomic E-state index is 8.07. The normalized spacial score (nSPS) is 10.4. The molecule has 0 radical (unpaired) electrons. The fourth-order valence-electron chi connectivity index (χ4n) is 0.653. The van der Waals surface area contributed by atoms with Gasteiger partial charge in [-0.2, -0.15) is 0 Å². The van der Waals surface area contributed by atoms with E-state index in [1.165, 1.54) is 6.21 Å². The molecule has 3 nitrogen and oxygen atoms in total. The molecule has 1 aromatic heterocycles. The van der Waals surface area contributed by atoms with Crippen LogP contribution in [0.4, 0.5) is 0 Å². The van der Waals surface area contributed by atoms with Crippen molar-refractivity contribution in [3.05, 3.63) is 30.1 Å². The zero-order chi connectivity index (χ0) is 7.23. The van der Waals surface area contributed by atoms with Crippen molar-refractivity contribution in [3.8, 4) is 0 Å². The molecule has 1 rings (SSSR count). The van der Waals surface area contributed by atoms with Crippen LogP contribution in [0.25, 0.3) is 0 Å². The second kappa shape index (κ2) is 3.61. The first-order chi connectivity index (χ1) is 4.93. The lowest BCUT2D eigenvalue weighted by Gasteiger charge is -1.89. The molecule has 0 bridgehead atoms. The zero-order valence-electron chi connectivity index (χ0n) is 5.44. The van der Waals surface area contributed by atoms with Gasteiger partial charge >= 0.3 is 0 Å². The lowest BCUT2D eigenvalue weighted by Crippen LogP contribution is -1.88. The summed E-state index contributed by atoms with van der Waals surface area (Å²) in [5.41, 5.74) is 0.903. The van der Waals surface area contributed by atoms with E-state index < -0.39 is 0 Å². The number of oxime groups is 1. The Morgan fingerprint density at radius 2 is 2.50 bits per heavy atom. The van der Waals surface area contributed by atoms with Gasteiger partial charge in [0.05, 0.1) is 0 Å². The van der Waals surface area contributed by atoms with Crippen molar-refractivity contribution in [2.75, 3.05) is 0 Å². The van der Waals surface area contributed by atoms with Crippen LogP contribution in [0.5, 0.6) is 0 Å². The van der Waals surface area contributed by atoms with Gasteiger partial charge < -0.3 is 5.21 Å². The lowest BCUT2D eigenvalue weighted by molar-refractivity contribution is 0.320. The van der Waals surface area contributed by atoms with Crippen molar-refractivity contribution in [2.45, 2.75) is 6.42 Å². The van der Waals surface area contributed by atoms with Crippen molar-refractivity contribution in [3.63, 3.8) is 0 Å². The monoisotopic (exact) mass is 136 g/mol. The molecule has 1 heterocycles. The molecule has 0 saturated heterocycles. The topological polar surface area (TPSA) is 45.5 Å². The molecule has 0 atom stereocenters. The van der Waals surface area contributed by atoms with Gasteiger partial charge in [-0.25, -0.2) is 0 Å². The average molecular weight is 136 g/mol. The molecule has 3 heteroatoms. The summed E-state index contributed by atoms with van der Waals surface area (Å²) in [5, 5.41) is 10.9. The minimum Gasteiger partial charge on any atom is -0.411 e. The van der Waals surface area contributed by atoms with Crippen molar-refractivity contribution >= 4 is 6.21 Å². The van der Waals surface area contributed by atoms with Crippen molar-refractivity contribution in [1.82, 2.24) is 4.98 Å². The second-order valence-electron chi connectivity index (χ2n) is 1.82. The highest BCUT2D eigenvalue weighted by Gasteiger charge is 1.86. The predicted molar refractivity (Wildman–Crippen MR) is 38.2 cm³/mol. The summed E-state index contributed by atoms with van der Waals surface area (Å²) >= 11 is 0. The van der Waals surface area contributed by atoms with E-state index >= 15 is 0 Å². The fourth-order valence-corrected chi connectivity index (χ4v) is 0.653. The Bertz CT molecular complexity index is 208. The molecular formula is C7H8N2O. The third-order valence-corrected chi connectivity index (χ3v) is 1.11. The van der Waals surface area contributed by atoms with Crippen molar-refractivity contribution < 1.29 is 5.21 Å². The van der Waals surface area contributed by atoms with Gasteiger partial charge in [0, 0.05) is 24.5 Å². The summed E-state index contributed by atoms with van der Waals surface area (Å²) in [4.78, 5) is 4.01. The van der Waals surface area contributed by atoms with Crippen molar-refractivity contribution in [1.29, 1.82) is 0 Å². The Balaban J connectivity index is 2.59. The van der Waals surface area contributed by atoms with E-state index in [2.05, 4.69) is 10.1 Å². The number of rotatable bonds is 2. The molecule has 0 unspecified atom stereocenters. The third kappa shape index (κ3) is 1.85. The van der Waals surface area contributed by atoms with Gasteiger partial charge in [0.25, 0.3) is 0 Å². The number of pyridine rings is 1. The predicted octanol–water partition coefficient (Wildman–Crippen LogP) is 1.08. The molecule has 0 aromatic carbocycles. The molecule has 0 fully saturated rings. The largest absolute Gasteiger partial charge is 0.411 e. The Kier molecular flexibility index (Phi) is 2.43. The SMILES string of the molecule is O/N=C/Cc1ccccn1. The van der Waals surface area contributed by atoms with Gasteiger partial charge in [-0.05, 0) is 12.1 Å². The third-order valence-electron chi connectivity index (χ3n) is 1.11. The first kappa shape index (κ1) is 6.74. The highest BCUT2D eigenvalue weighted by Crippen LogP contribution is 1.91. The van der Waals surface area contributed by atoms with E-state index in [4.69, 9.17) is 5.21 Å². The van der Waals surface area contributed by atoms with Crippen LogP contribution in [0.1, 0.15) is 5.69 Å². The molecule has 1 N–H and O–H groups in total. The van der Waals surface area contributed by atoms with Gasteiger partial charge in [0.1, 0.15) is 0 Å². The smallest absolute Gasteiger partial charge is 0.0495 e. The maximum absolute atomic E-state index is 8.07. The first-order valence-electron chi connectivity index (χ1n) is 2.99. The standard InChI is InChI=1S/C7H8N2O/c10-9-6-4-7-3-1-2-5-8-7/h1-3,5-6,10H,4H2/b9-6+. The summed E-state index contributed by atoms with van der Waals surface area (Å²) in [6.07, 6.45) is 3.69. The van der Waals surface area contributed by atoms with E-state index in [1.54, 1.807) is 6.20 Å². The highest BCUT2D eigenvalue weighted by molar-refractivity contribution is 5.59. The molecule has 0 amide bonds. The molecule has 0 aliphatic rings. The van der Waals surface area contributed by atoms with Gasteiger partial charge in [-0.3, -0.25) is 4.98 Å². The van der Waals surface area contributed by atoms with Crippen LogP contribution in [0.15, 0.2) is 29.6 Å². The molecule has 0 spiro atoms. The summed E-state index contributed by atoms with van der Waals surface area (Å²) < 4.78 is 0. The van der Waals surface area contributed by atoms with Crippen LogP contribution < -0.4 is 0 Å². The van der Waals surface area contributed by atoms with Gasteiger partial charge in [-0.15, -0.1) is 5.16 Å². The Morgan fingerprint density at radius 3 is 3.10 bits per heavy atom. The number of nitrogens with zero attached hydrogens (tertiary/aromatic N) is 2. The van der Waals surface area contributed by atoms with E-state index in [0.717, 1.165) is 5.69 Å². The molecule has 0 saturated carbocycles. The van der Waals surface area contributed by atoms with E-state index in [1.807, 2.05) is 18.2 Å². The van der Waals surface area contributed by atoms with Crippen LogP contribution in [-0.2, 0) is 6.42 Å². The van der Waals surface area contributed by atoms with E-state index in [9.17, 15) is 0 Å². The first-order valence-corrected chi connectivity index (χ1v) is 2.99. The number of aromatic nitrogens is 1. The quantitative estimate of drug-likeness (QED) is 0.375. The van der Waals surface area contributed by atoms with Gasteiger partial charge in [0.15, 0.2) is 0 Å². The van der Waals surface area contributed by atoms with Gasteiger partial charge in [0.2, 0.25) is 0 Å². The maximum Gasteiger partial charge on any atom is 0.0495 e. The summed E-state index contributed by atoms with van der Waals surface area (Å²) in [7, 11) is 0. The lowest BCUT2D eigenvalue weighted by atomic mass is 10.3. The van der Waals surface area contributed by atoms with Gasteiger partial charge in [-0.1, -0.05) is 6.07 Å². The van der Waals surface area contributed by atoms with Crippen LogP contribution in [-0.4, -0.2) is 16.4 Å². The van der Waals surface area contributed by atoms with Crippen LogP contribution in [0.2, 0.25) is 0 Å². The average Bonchev–Trinajstić information content (AvgIpc) is 2.03. The zero-order valence-corrected chi connectivity index (χ0v) is 5.44. The fraction of sp³-hybridized carbons (Fsp3) is 0.143. The van der Waals surface area contributed by atoms with Crippen LogP contribution >= 0.6 is 0 Å². The summed E-state index contributed by atoms with van der Waals surface area (Å²) in [5.74, 6) is 0.